The summed E-state index contributed by atoms with van der Waals surface area (Å²) in [5, 5.41) is 9.48. The fraction of sp³-hybridized carbons (Fsp3) is 0.500. The number of methoxy groups -OCH3 is 1. The number of rotatable bonds is 6. The molecule has 5 heteroatoms. The molecule has 0 saturated carbocycles. The van der Waals surface area contributed by atoms with Gasteiger partial charge in [0.25, 0.3) is 0 Å². The van der Waals surface area contributed by atoms with E-state index in [1.807, 2.05) is 0 Å². The third-order valence-corrected chi connectivity index (χ3v) is 2.38. The van der Waals surface area contributed by atoms with E-state index in [1.54, 1.807) is 39.0 Å². The molecular weight excluding hydrogens is 248 g/mol. The third-order valence-electron chi connectivity index (χ3n) is 2.38. The summed E-state index contributed by atoms with van der Waals surface area (Å²) in [6.45, 7) is 5.03. The van der Waals surface area contributed by atoms with Gasteiger partial charge in [-0.2, -0.15) is 0 Å². The molecule has 0 aliphatic rings. The largest absolute Gasteiger partial charge is 0.493 e. The predicted octanol–water partition coefficient (Wildman–Crippen LogP) is 2.08. The van der Waals surface area contributed by atoms with E-state index in [9.17, 15) is 9.90 Å². The minimum absolute atomic E-state index is 0.171. The Bertz CT molecular complexity index is 426. The Morgan fingerprint density at radius 2 is 1.95 bits per heavy atom. The minimum Gasteiger partial charge on any atom is -0.493 e. The first-order valence-electron chi connectivity index (χ1n) is 6.12. The Hall–Kier alpha value is -1.75. The molecule has 0 aliphatic carbocycles. The quantitative estimate of drug-likeness (QED) is 0.800. The van der Waals surface area contributed by atoms with Crippen LogP contribution in [0.5, 0.6) is 11.5 Å². The summed E-state index contributed by atoms with van der Waals surface area (Å²) in [5.41, 5.74) is 0.717. The number of benzene rings is 1. The molecular formula is C14H20O5. The maximum Gasteiger partial charge on any atom is 0.344 e. The van der Waals surface area contributed by atoms with E-state index in [-0.39, 0.29) is 12.7 Å². The van der Waals surface area contributed by atoms with E-state index >= 15 is 0 Å². The lowest BCUT2D eigenvalue weighted by molar-refractivity contribution is -0.149. The zero-order valence-electron chi connectivity index (χ0n) is 11.7. The highest BCUT2D eigenvalue weighted by Crippen LogP contribution is 2.30. The van der Waals surface area contributed by atoms with Crippen molar-refractivity contribution in [3.05, 3.63) is 23.8 Å². The Morgan fingerprint density at radius 1 is 1.26 bits per heavy atom. The SMILES string of the molecule is COc1cc([C@@H](C)O)ccc1OCC(=O)OC(C)C. The molecule has 0 aliphatic heterocycles. The maximum absolute atomic E-state index is 11.4. The van der Waals surface area contributed by atoms with Gasteiger partial charge in [0.05, 0.1) is 19.3 Å². The summed E-state index contributed by atoms with van der Waals surface area (Å²) >= 11 is 0. The molecule has 0 bridgehead atoms. The van der Waals surface area contributed by atoms with E-state index < -0.39 is 12.1 Å². The van der Waals surface area contributed by atoms with Crippen LogP contribution in [0.2, 0.25) is 0 Å². The summed E-state index contributed by atoms with van der Waals surface area (Å²) in [5.74, 6) is 0.472. The smallest absolute Gasteiger partial charge is 0.344 e. The Labute approximate surface area is 113 Å². The van der Waals surface area contributed by atoms with Crippen LogP contribution in [0.3, 0.4) is 0 Å². The van der Waals surface area contributed by atoms with Crippen LogP contribution in [0.4, 0.5) is 0 Å². The summed E-state index contributed by atoms with van der Waals surface area (Å²) in [6.07, 6.45) is -0.760. The number of hydrogen-bond acceptors (Lipinski definition) is 5. The molecule has 0 saturated heterocycles. The highest BCUT2D eigenvalue weighted by molar-refractivity contribution is 5.71. The molecule has 1 aromatic rings. The van der Waals surface area contributed by atoms with Gasteiger partial charge in [0.1, 0.15) is 0 Å². The van der Waals surface area contributed by atoms with E-state index in [0.717, 1.165) is 0 Å². The van der Waals surface area contributed by atoms with Gasteiger partial charge in [-0.1, -0.05) is 6.07 Å². The van der Waals surface area contributed by atoms with E-state index in [4.69, 9.17) is 14.2 Å². The van der Waals surface area contributed by atoms with Gasteiger partial charge in [0.15, 0.2) is 18.1 Å². The summed E-state index contributed by atoms with van der Waals surface area (Å²) in [4.78, 5) is 11.4. The summed E-state index contributed by atoms with van der Waals surface area (Å²) < 4.78 is 15.5. The highest BCUT2D eigenvalue weighted by atomic mass is 16.6. The number of hydrogen-bond donors (Lipinski definition) is 1. The summed E-state index contributed by atoms with van der Waals surface area (Å²) in [6, 6.07) is 5.05. The van der Waals surface area contributed by atoms with Crippen molar-refractivity contribution in [1.82, 2.24) is 0 Å². The summed E-state index contributed by atoms with van der Waals surface area (Å²) in [7, 11) is 1.50. The first-order chi connectivity index (χ1) is 8.93. The first-order valence-corrected chi connectivity index (χ1v) is 6.12. The first kappa shape index (κ1) is 15.3. The molecule has 0 amide bonds. The van der Waals surface area contributed by atoms with Crippen molar-refractivity contribution < 1.29 is 24.1 Å². The van der Waals surface area contributed by atoms with Crippen LogP contribution in [0.1, 0.15) is 32.4 Å². The fourth-order valence-electron chi connectivity index (χ4n) is 1.50. The molecule has 1 aromatic carbocycles. The lowest BCUT2D eigenvalue weighted by Crippen LogP contribution is -2.18. The number of ether oxygens (including phenoxy) is 3. The molecule has 0 spiro atoms. The van der Waals surface area contributed by atoms with Crippen LogP contribution >= 0.6 is 0 Å². The number of aliphatic hydroxyl groups is 1. The van der Waals surface area contributed by atoms with Crippen molar-refractivity contribution in [3.63, 3.8) is 0 Å². The highest BCUT2D eigenvalue weighted by Gasteiger charge is 2.11. The molecule has 106 valence electrons. The van der Waals surface area contributed by atoms with Crippen molar-refractivity contribution in [1.29, 1.82) is 0 Å². The van der Waals surface area contributed by atoms with E-state index in [0.29, 0.717) is 17.1 Å². The van der Waals surface area contributed by atoms with Crippen molar-refractivity contribution in [2.45, 2.75) is 33.0 Å². The number of esters is 1. The molecule has 19 heavy (non-hydrogen) atoms. The molecule has 1 rings (SSSR count). The second-order valence-corrected chi connectivity index (χ2v) is 4.41. The lowest BCUT2D eigenvalue weighted by Gasteiger charge is -2.13. The average molecular weight is 268 g/mol. The van der Waals surface area contributed by atoms with Crippen LogP contribution in [-0.4, -0.2) is 30.9 Å². The van der Waals surface area contributed by atoms with Crippen LogP contribution in [0.25, 0.3) is 0 Å². The predicted molar refractivity (Wildman–Crippen MR) is 70.4 cm³/mol. The Balaban J connectivity index is 2.70. The second-order valence-electron chi connectivity index (χ2n) is 4.41. The fourth-order valence-corrected chi connectivity index (χ4v) is 1.50. The Morgan fingerprint density at radius 3 is 2.47 bits per heavy atom. The van der Waals surface area contributed by atoms with Gasteiger partial charge in [-0.15, -0.1) is 0 Å². The van der Waals surface area contributed by atoms with E-state index in [2.05, 4.69) is 0 Å². The van der Waals surface area contributed by atoms with Gasteiger partial charge in [-0.25, -0.2) is 4.79 Å². The topological polar surface area (TPSA) is 65.0 Å². The number of aliphatic hydroxyl groups excluding tert-OH is 1. The van der Waals surface area contributed by atoms with Crippen LogP contribution < -0.4 is 9.47 Å². The molecule has 5 nitrogen and oxygen atoms in total. The number of carbonyl (C=O) groups is 1. The zero-order valence-corrected chi connectivity index (χ0v) is 11.7. The van der Waals surface area contributed by atoms with Crippen molar-refractivity contribution in [2.75, 3.05) is 13.7 Å². The van der Waals surface area contributed by atoms with E-state index in [1.165, 1.54) is 7.11 Å². The molecule has 1 N–H and O–H groups in total. The molecule has 0 fully saturated rings. The zero-order chi connectivity index (χ0) is 14.4. The normalized spacial score (nSPS) is 12.1. The Kier molecular flexibility index (Phi) is 5.63. The standard InChI is InChI=1S/C14H20O5/c1-9(2)19-14(16)8-18-12-6-5-11(10(3)15)7-13(12)17-4/h5-7,9-10,15H,8H2,1-4H3/t10-/m1/s1. The van der Waals surface area contributed by atoms with Gasteiger partial charge >= 0.3 is 5.97 Å². The monoisotopic (exact) mass is 268 g/mol. The van der Waals surface area contributed by atoms with Crippen molar-refractivity contribution in [2.24, 2.45) is 0 Å². The average Bonchev–Trinajstić information content (AvgIpc) is 2.35. The van der Waals surface area contributed by atoms with Gasteiger partial charge < -0.3 is 19.3 Å². The van der Waals surface area contributed by atoms with Gasteiger partial charge in [-0.3, -0.25) is 0 Å². The van der Waals surface area contributed by atoms with Gasteiger partial charge in [-0.05, 0) is 38.5 Å². The van der Waals surface area contributed by atoms with Crippen molar-refractivity contribution in [3.8, 4) is 11.5 Å². The molecule has 0 radical (unpaired) electrons. The molecule has 0 unspecified atom stereocenters. The maximum atomic E-state index is 11.4. The van der Waals surface area contributed by atoms with Crippen molar-refractivity contribution >= 4 is 5.97 Å². The lowest BCUT2D eigenvalue weighted by atomic mass is 10.1. The van der Waals surface area contributed by atoms with Crippen LogP contribution in [0.15, 0.2) is 18.2 Å². The molecule has 1 atom stereocenters. The minimum atomic E-state index is -0.589. The second kappa shape index (κ2) is 6.99. The third kappa shape index (κ3) is 4.79. The van der Waals surface area contributed by atoms with Gasteiger partial charge in [0, 0.05) is 0 Å². The van der Waals surface area contributed by atoms with Crippen LogP contribution in [0, 0.1) is 0 Å². The molecule has 0 aromatic heterocycles. The van der Waals surface area contributed by atoms with Crippen LogP contribution in [-0.2, 0) is 9.53 Å². The van der Waals surface area contributed by atoms with Gasteiger partial charge in [0.2, 0.25) is 0 Å². The molecule has 0 heterocycles. The number of carbonyl (C=O) groups excluding carboxylic acids is 1.